The van der Waals surface area contributed by atoms with Crippen LogP contribution in [0.3, 0.4) is 0 Å². The van der Waals surface area contributed by atoms with Gasteiger partial charge in [-0.15, -0.1) is 10.2 Å². The number of aliphatic hydroxyl groups excluding tert-OH is 1. The minimum atomic E-state index is -0.277. The summed E-state index contributed by atoms with van der Waals surface area (Å²) >= 11 is 0. The Morgan fingerprint density at radius 1 is 1.11 bits per heavy atom. The summed E-state index contributed by atoms with van der Waals surface area (Å²) in [4.78, 5) is 17.7. The van der Waals surface area contributed by atoms with Gasteiger partial charge in [-0.1, -0.05) is 18.2 Å². The van der Waals surface area contributed by atoms with Gasteiger partial charge < -0.3 is 10.0 Å². The minimum Gasteiger partial charge on any atom is -0.391 e. The molecule has 5 rings (SSSR count). The Morgan fingerprint density at radius 3 is 2.61 bits per heavy atom. The molecule has 28 heavy (non-hydrogen) atoms. The number of carbonyl (C=O) groups is 1. The Balaban J connectivity index is 1.33. The first-order chi connectivity index (χ1) is 13.7. The molecule has 0 unspecified atom stereocenters. The van der Waals surface area contributed by atoms with Crippen LogP contribution in [0.1, 0.15) is 36.0 Å². The van der Waals surface area contributed by atoms with Gasteiger partial charge in [-0.3, -0.25) is 9.69 Å². The summed E-state index contributed by atoms with van der Waals surface area (Å²) in [6.45, 7) is 3.68. The molecule has 0 radical (unpaired) electrons. The molecule has 0 bridgehead atoms. The molecule has 2 saturated heterocycles. The third-order valence-corrected chi connectivity index (χ3v) is 6.75. The molecule has 4 atom stereocenters. The standard InChI is InChI=1S/C20H26N6O2/c27-18-10-14-12-26(11-13(14)9-17(18)25-7-3-4-8-25)20(28)16-6-2-1-5-15(16)19-21-23-24-22-19/h1-2,5-6,13-14,17-18,27H,3-4,7-12H2,(H,21,22,23,24)/t13-,14+,17-,18-/m1/s1. The molecule has 148 valence electrons. The topological polar surface area (TPSA) is 98.2 Å². The molecule has 1 amide bonds. The van der Waals surface area contributed by atoms with Crippen molar-refractivity contribution >= 4 is 5.91 Å². The normalized spacial score (nSPS) is 30.5. The van der Waals surface area contributed by atoms with E-state index in [2.05, 4.69) is 25.5 Å². The molecule has 8 heteroatoms. The first-order valence-electron chi connectivity index (χ1n) is 10.2. The Hall–Kier alpha value is -2.32. The molecule has 1 saturated carbocycles. The maximum Gasteiger partial charge on any atom is 0.254 e. The second kappa shape index (κ2) is 7.25. The number of benzene rings is 1. The zero-order valence-corrected chi connectivity index (χ0v) is 15.9. The van der Waals surface area contributed by atoms with Crippen LogP contribution in [0.5, 0.6) is 0 Å². The van der Waals surface area contributed by atoms with E-state index in [0.717, 1.165) is 32.5 Å². The van der Waals surface area contributed by atoms with Crippen LogP contribution in [0.15, 0.2) is 24.3 Å². The SMILES string of the molecule is O=C(c1ccccc1-c1nn[nH]n1)N1C[C@H]2C[C@@H](N3CCCC3)[C@H](O)C[C@H]2C1. The number of aromatic nitrogens is 4. The molecule has 8 nitrogen and oxygen atoms in total. The molecular formula is C20H26N6O2. The van der Waals surface area contributed by atoms with Gasteiger partial charge in [0.15, 0.2) is 0 Å². The van der Waals surface area contributed by atoms with Gasteiger partial charge in [0, 0.05) is 24.7 Å². The lowest BCUT2D eigenvalue weighted by atomic mass is 9.77. The quantitative estimate of drug-likeness (QED) is 0.827. The number of fused-ring (bicyclic) bond motifs is 1. The summed E-state index contributed by atoms with van der Waals surface area (Å²) in [5, 5.41) is 24.9. The third kappa shape index (κ3) is 3.10. The van der Waals surface area contributed by atoms with Crippen molar-refractivity contribution in [2.75, 3.05) is 26.2 Å². The number of H-pyrrole nitrogens is 1. The van der Waals surface area contributed by atoms with Gasteiger partial charge in [-0.25, -0.2) is 0 Å². The number of aliphatic hydroxyl groups is 1. The number of likely N-dealkylation sites (tertiary alicyclic amines) is 2. The lowest BCUT2D eigenvalue weighted by molar-refractivity contribution is -0.000864. The number of carbonyl (C=O) groups excluding carboxylic acids is 1. The average Bonchev–Trinajstić information content (AvgIpc) is 3.47. The Morgan fingerprint density at radius 2 is 1.86 bits per heavy atom. The fourth-order valence-corrected chi connectivity index (χ4v) is 5.35. The van der Waals surface area contributed by atoms with Crippen LogP contribution >= 0.6 is 0 Å². The van der Waals surface area contributed by atoms with Crippen molar-refractivity contribution in [1.29, 1.82) is 0 Å². The van der Waals surface area contributed by atoms with Crippen molar-refractivity contribution in [2.24, 2.45) is 11.8 Å². The number of hydrogen-bond donors (Lipinski definition) is 2. The van der Waals surface area contributed by atoms with Crippen LogP contribution in [0.25, 0.3) is 11.4 Å². The molecule has 2 N–H and O–H groups in total. The van der Waals surface area contributed by atoms with E-state index in [1.807, 2.05) is 29.2 Å². The molecule has 3 fully saturated rings. The molecule has 3 aliphatic rings. The van der Waals surface area contributed by atoms with Gasteiger partial charge in [0.1, 0.15) is 0 Å². The fourth-order valence-electron chi connectivity index (χ4n) is 5.35. The molecule has 2 aromatic rings. The highest BCUT2D eigenvalue weighted by Crippen LogP contribution is 2.39. The third-order valence-electron chi connectivity index (χ3n) is 6.75. The highest BCUT2D eigenvalue weighted by molar-refractivity contribution is 6.00. The van der Waals surface area contributed by atoms with E-state index in [0.29, 0.717) is 35.3 Å². The smallest absolute Gasteiger partial charge is 0.254 e. The van der Waals surface area contributed by atoms with E-state index < -0.39 is 0 Å². The van der Waals surface area contributed by atoms with E-state index >= 15 is 0 Å². The highest BCUT2D eigenvalue weighted by atomic mass is 16.3. The zero-order valence-electron chi connectivity index (χ0n) is 15.9. The maximum absolute atomic E-state index is 13.3. The number of nitrogens with one attached hydrogen (secondary N) is 1. The largest absolute Gasteiger partial charge is 0.391 e. The molecule has 3 heterocycles. The van der Waals surface area contributed by atoms with Gasteiger partial charge in [0.05, 0.1) is 11.7 Å². The van der Waals surface area contributed by atoms with Gasteiger partial charge in [-0.05, 0) is 61.9 Å². The van der Waals surface area contributed by atoms with Crippen LogP contribution in [0.2, 0.25) is 0 Å². The highest BCUT2D eigenvalue weighted by Gasteiger charge is 2.45. The fraction of sp³-hybridized carbons (Fsp3) is 0.600. The van der Waals surface area contributed by atoms with Crippen molar-refractivity contribution in [1.82, 2.24) is 30.4 Å². The molecule has 1 aliphatic carbocycles. The first-order valence-corrected chi connectivity index (χ1v) is 10.2. The molecule has 0 spiro atoms. The lowest BCUT2D eigenvalue weighted by Gasteiger charge is -2.40. The van der Waals surface area contributed by atoms with Crippen molar-refractivity contribution in [3.8, 4) is 11.4 Å². The predicted molar refractivity (Wildman–Crippen MR) is 102 cm³/mol. The van der Waals surface area contributed by atoms with E-state index in [4.69, 9.17) is 0 Å². The number of tetrazole rings is 1. The summed E-state index contributed by atoms with van der Waals surface area (Å²) in [5.41, 5.74) is 1.31. The van der Waals surface area contributed by atoms with Crippen molar-refractivity contribution in [3.63, 3.8) is 0 Å². The second-order valence-corrected chi connectivity index (χ2v) is 8.36. The number of aromatic amines is 1. The second-order valence-electron chi connectivity index (χ2n) is 8.36. The summed E-state index contributed by atoms with van der Waals surface area (Å²) in [7, 11) is 0. The molecule has 2 aliphatic heterocycles. The summed E-state index contributed by atoms with van der Waals surface area (Å²) < 4.78 is 0. The minimum absolute atomic E-state index is 0.0158. The van der Waals surface area contributed by atoms with Crippen LogP contribution in [-0.4, -0.2) is 79.8 Å². The maximum atomic E-state index is 13.3. The number of nitrogens with zero attached hydrogens (tertiary/aromatic N) is 5. The average molecular weight is 382 g/mol. The Kier molecular flexibility index (Phi) is 4.60. The first kappa shape index (κ1) is 17.8. The van der Waals surface area contributed by atoms with Gasteiger partial charge >= 0.3 is 0 Å². The van der Waals surface area contributed by atoms with Crippen molar-refractivity contribution < 1.29 is 9.90 Å². The van der Waals surface area contributed by atoms with Crippen LogP contribution in [0.4, 0.5) is 0 Å². The van der Waals surface area contributed by atoms with E-state index in [9.17, 15) is 9.90 Å². The number of rotatable bonds is 3. The van der Waals surface area contributed by atoms with Gasteiger partial charge in [0.2, 0.25) is 5.82 Å². The number of amides is 1. The van der Waals surface area contributed by atoms with Crippen LogP contribution in [0, 0.1) is 11.8 Å². The van der Waals surface area contributed by atoms with Gasteiger partial charge in [0.25, 0.3) is 5.91 Å². The zero-order chi connectivity index (χ0) is 19.1. The van der Waals surface area contributed by atoms with E-state index in [1.54, 1.807) is 0 Å². The van der Waals surface area contributed by atoms with Crippen molar-refractivity contribution in [3.05, 3.63) is 29.8 Å². The van der Waals surface area contributed by atoms with Crippen molar-refractivity contribution in [2.45, 2.75) is 37.8 Å². The number of hydrogen-bond acceptors (Lipinski definition) is 6. The monoisotopic (exact) mass is 382 g/mol. The predicted octanol–water partition coefficient (Wildman–Crippen LogP) is 1.17. The molecule has 1 aromatic carbocycles. The molecule has 1 aromatic heterocycles. The molecular weight excluding hydrogens is 356 g/mol. The lowest BCUT2D eigenvalue weighted by Crippen LogP contribution is -2.48. The Labute approximate surface area is 163 Å². The summed E-state index contributed by atoms with van der Waals surface area (Å²) in [6, 6.07) is 7.69. The van der Waals surface area contributed by atoms with E-state index in [1.165, 1.54) is 12.8 Å². The Bertz CT molecular complexity index is 835. The summed E-state index contributed by atoms with van der Waals surface area (Å²) in [6.07, 6.45) is 3.97. The van der Waals surface area contributed by atoms with Crippen LogP contribution in [-0.2, 0) is 0 Å². The van der Waals surface area contributed by atoms with Crippen LogP contribution < -0.4 is 0 Å². The summed E-state index contributed by atoms with van der Waals surface area (Å²) in [5.74, 6) is 1.30. The van der Waals surface area contributed by atoms with E-state index in [-0.39, 0.29) is 18.1 Å². The van der Waals surface area contributed by atoms with Gasteiger partial charge in [-0.2, -0.15) is 5.21 Å².